The number of hydrogen-bond donors (Lipinski definition) is 3. The summed E-state index contributed by atoms with van der Waals surface area (Å²) in [6.07, 6.45) is 6.58. The van der Waals surface area contributed by atoms with Gasteiger partial charge < -0.3 is 15.7 Å². The van der Waals surface area contributed by atoms with Gasteiger partial charge in [-0.3, -0.25) is 4.79 Å². The Hall–Kier alpha value is -0.910. The quantitative estimate of drug-likeness (QED) is 0.523. The number of carbonyl (C=O) groups is 2. The van der Waals surface area contributed by atoms with Gasteiger partial charge in [0.25, 0.3) is 0 Å². The second-order valence-corrected chi connectivity index (χ2v) is 4.72. The van der Waals surface area contributed by atoms with Crippen molar-refractivity contribution >= 4 is 23.8 Å². The summed E-state index contributed by atoms with van der Waals surface area (Å²) in [6.45, 7) is 0.826. The third kappa shape index (κ3) is 13.0. The topological polar surface area (TPSA) is 78.4 Å². The van der Waals surface area contributed by atoms with E-state index in [0.29, 0.717) is 6.54 Å². The summed E-state index contributed by atoms with van der Waals surface area (Å²) in [4.78, 5) is 21.3. The average Bonchev–Trinajstić information content (AvgIpc) is 2.27. The maximum absolute atomic E-state index is 11.1. The van der Waals surface area contributed by atoms with E-state index in [2.05, 4.69) is 16.9 Å². The van der Waals surface area contributed by atoms with Crippen molar-refractivity contribution in [3.05, 3.63) is 0 Å². The van der Waals surface area contributed by atoms with Crippen LogP contribution in [0, 0.1) is 0 Å². The van der Waals surface area contributed by atoms with Crippen LogP contribution in [0.15, 0.2) is 0 Å². The highest BCUT2D eigenvalue weighted by molar-refractivity contribution is 7.98. The Bertz CT molecular complexity index is 225. The lowest BCUT2D eigenvalue weighted by atomic mass is 10.2. The molecule has 0 saturated carbocycles. The molecule has 0 radical (unpaired) electrons. The van der Waals surface area contributed by atoms with Crippen LogP contribution in [0.3, 0.4) is 0 Å². The molecular formula is C11H22N2O3S. The van der Waals surface area contributed by atoms with Gasteiger partial charge in [0, 0.05) is 13.1 Å². The molecule has 6 heteroatoms. The number of carboxylic acids is 1. The number of rotatable bonds is 10. The molecule has 0 aliphatic rings. The monoisotopic (exact) mass is 262 g/mol. The Balaban J connectivity index is 3.19. The van der Waals surface area contributed by atoms with Gasteiger partial charge in [-0.15, -0.1) is 0 Å². The minimum atomic E-state index is -0.904. The zero-order valence-corrected chi connectivity index (χ0v) is 11.1. The SMILES string of the molecule is CSCCCCCCNC(=O)NCCC(=O)O. The molecule has 0 aromatic heterocycles. The predicted octanol–water partition coefficient (Wildman–Crippen LogP) is 1.68. The Kier molecular flexibility index (Phi) is 11.0. The van der Waals surface area contributed by atoms with Gasteiger partial charge in [0.2, 0.25) is 0 Å². The number of carbonyl (C=O) groups excluding carboxylic acids is 1. The molecule has 0 bridgehead atoms. The largest absolute Gasteiger partial charge is 0.481 e. The van der Waals surface area contributed by atoms with Gasteiger partial charge in [-0.05, 0) is 24.9 Å². The van der Waals surface area contributed by atoms with Gasteiger partial charge in [-0.1, -0.05) is 12.8 Å². The Morgan fingerprint density at radius 3 is 2.35 bits per heavy atom. The third-order valence-electron chi connectivity index (χ3n) is 2.19. The second-order valence-electron chi connectivity index (χ2n) is 3.73. The van der Waals surface area contributed by atoms with Crippen LogP contribution in [-0.2, 0) is 4.79 Å². The van der Waals surface area contributed by atoms with Gasteiger partial charge in [0.1, 0.15) is 0 Å². The molecule has 0 rings (SSSR count). The summed E-state index contributed by atoms with van der Waals surface area (Å²) in [5.41, 5.74) is 0. The lowest BCUT2D eigenvalue weighted by molar-refractivity contribution is -0.136. The number of aliphatic carboxylic acids is 1. The van der Waals surface area contributed by atoms with Crippen LogP contribution in [-0.4, -0.2) is 42.2 Å². The number of thioether (sulfide) groups is 1. The number of urea groups is 1. The van der Waals surface area contributed by atoms with Crippen LogP contribution in [0.5, 0.6) is 0 Å². The number of hydrogen-bond acceptors (Lipinski definition) is 3. The van der Waals surface area contributed by atoms with Crippen LogP contribution in [0.1, 0.15) is 32.1 Å². The first-order chi connectivity index (χ1) is 8.16. The van der Waals surface area contributed by atoms with E-state index < -0.39 is 5.97 Å². The van der Waals surface area contributed by atoms with E-state index in [0.717, 1.165) is 12.8 Å². The van der Waals surface area contributed by atoms with Crippen LogP contribution >= 0.6 is 11.8 Å². The van der Waals surface area contributed by atoms with Crippen LogP contribution in [0.2, 0.25) is 0 Å². The molecule has 0 aliphatic heterocycles. The van der Waals surface area contributed by atoms with Crippen molar-refractivity contribution in [3.8, 4) is 0 Å². The van der Waals surface area contributed by atoms with E-state index in [1.54, 1.807) is 0 Å². The zero-order valence-electron chi connectivity index (χ0n) is 10.3. The van der Waals surface area contributed by atoms with Gasteiger partial charge in [0.15, 0.2) is 0 Å². The number of unbranched alkanes of at least 4 members (excludes halogenated alkanes) is 3. The molecule has 17 heavy (non-hydrogen) atoms. The molecule has 0 heterocycles. The molecular weight excluding hydrogens is 240 g/mol. The summed E-state index contributed by atoms with van der Waals surface area (Å²) in [7, 11) is 0. The standard InChI is InChI=1S/C11H22N2O3S/c1-17-9-5-3-2-4-7-12-11(16)13-8-6-10(14)15/h2-9H2,1H3,(H,14,15)(H2,12,13,16). The van der Waals surface area contributed by atoms with Crippen LogP contribution < -0.4 is 10.6 Å². The van der Waals surface area contributed by atoms with Crippen LogP contribution in [0.25, 0.3) is 0 Å². The molecule has 0 aromatic carbocycles. The summed E-state index contributed by atoms with van der Waals surface area (Å²) in [5.74, 6) is 0.294. The van der Waals surface area contributed by atoms with Gasteiger partial charge >= 0.3 is 12.0 Å². The zero-order chi connectivity index (χ0) is 12.9. The highest BCUT2D eigenvalue weighted by Gasteiger charge is 2.00. The van der Waals surface area contributed by atoms with Crippen molar-refractivity contribution in [2.24, 2.45) is 0 Å². The van der Waals surface area contributed by atoms with Gasteiger partial charge in [-0.2, -0.15) is 11.8 Å². The normalized spacial score (nSPS) is 9.94. The molecule has 0 atom stereocenters. The van der Waals surface area contributed by atoms with E-state index in [-0.39, 0.29) is 19.0 Å². The first-order valence-electron chi connectivity index (χ1n) is 5.89. The molecule has 0 saturated heterocycles. The Labute approximate surface area is 107 Å². The average molecular weight is 262 g/mol. The van der Waals surface area contributed by atoms with Crippen molar-refractivity contribution in [3.63, 3.8) is 0 Å². The Morgan fingerprint density at radius 2 is 1.71 bits per heavy atom. The smallest absolute Gasteiger partial charge is 0.314 e. The number of carboxylic acid groups (broad SMARTS) is 1. The summed E-state index contributed by atoms with van der Waals surface area (Å²) < 4.78 is 0. The first kappa shape index (κ1) is 16.1. The fourth-order valence-electron chi connectivity index (χ4n) is 1.27. The maximum atomic E-state index is 11.1. The molecule has 0 spiro atoms. The highest BCUT2D eigenvalue weighted by atomic mass is 32.2. The molecule has 5 nitrogen and oxygen atoms in total. The van der Waals surface area contributed by atoms with E-state index in [9.17, 15) is 9.59 Å². The molecule has 0 aromatic rings. The first-order valence-corrected chi connectivity index (χ1v) is 7.28. The lowest BCUT2D eigenvalue weighted by Crippen LogP contribution is -2.37. The molecule has 2 amide bonds. The molecule has 3 N–H and O–H groups in total. The maximum Gasteiger partial charge on any atom is 0.314 e. The van der Waals surface area contributed by atoms with Crippen LogP contribution in [0.4, 0.5) is 4.79 Å². The van der Waals surface area contributed by atoms with Crippen molar-refractivity contribution in [1.29, 1.82) is 0 Å². The Morgan fingerprint density at radius 1 is 1.06 bits per heavy atom. The predicted molar refractivity (Wildman–Crippen MR) is 70.5 cm³/mol. The minimum absolute atomic E-state index is 0.0396. The second kappa shape index (κ2) is 11.6. The number of amides is 2. The van der Waals surface area contributed by atoms with Gasteiger partial charge in [0.05, 0.1) is 6.42 Å². The van der Waals surface area contributed by atoms with E-state index in [1.165, 1.54) is 18.6 Å². The molecule has 0 fully saturated rings. The minimum Gasteiger partial charge on any atom is -0.481 e. The third-order valence-corrected chi connectivity index (χ3v) is 2.88. The fraction of sp³-hybridized carbons (Fsp3) is 0.818. The van der Waals surface area contributed by atoms with E-state index in [1.807, 2.05) is 11.8 Å². The fourth-order valence-corrected chi connectivity index (χ4v) is 1.77. The molecule has 0 aliphatic carbocycles. The lowest BCUT2D eigenvalue weighted by Gasteiger charge is -2.06. The van der Waals surface area contributed by atoms with Crippen molar-refractivity contribution < 1.29 is 14.7 Å². The molecule has 100 valence electrons. The van der Waals surface area contributed by atoms with Gasteiger partial charge in [-0.25, -0.2) is 4.79 Å². The highest BCUT2D eigenvalue weighted by Crippen LogP contribution is 2.03. The van der Waals surface area contributed by atoms with Crippen molar-refractivity contribution in [2.75, 3.05) is 25.1 Å². The molecule has 0 unspecified atom stereocenters. The van der Waals surface area contributed by atoms with E-state index >= 15 is 0 Å². The number of nitrogens with one attached hydrogen (secondary N) is 2. The summed E-state index contributed by atoms with van der Waals surface area (Å²) in [5, 5.41) is 13.6. The summed E-state index contributed by atoms with van der Waals surface area (Å²) >= 11 is 1.85. The van der Waals surface area contributed by atoms with Crippen molar-refractivity contribution in [1.82, 2.24) is 10.6 Å². The van der Waals surface area contributed by atoms with Crippen molar-refractivity contribution in [2.45, 2.75) is 32.1 Å². The van der Waals surface area contributed by atoms with E-state index in [4.69, 9.17) is 5.11 Å². The summed E-state index contributed by atoms with van der Waals surface area (Å²) in [6, 6.07) is -0.282.